The standard InChI is InChI=1S/C14H27N.C7H17N/c1-4-5-6-7-8-11-15-12-9-14(2,3)10-13-15;1-2-3-4-5-6-7-8/h9,12H,4-8,10-11,13H2,1-3H3;2-8H2,1H3. The SMILES string of the molecule is CCCCCCCN.CCCCCCCN1C=CC(C)(C)CC1. The number of hydrogen-bond acceptors (Lipinski definition) is 2. The molecule has 0 fully saturated rings. The summed E-state index contributed by atoms with van der Waals surface area (Å²) in [5, 5.41) is 0. The number of hydrogen-bond donors (Lipinski definition) is 1. The molecule has 0 unspecified atom stereocenters. The fourth-order valence-corrected chi connectivity index (χ4v) is 2.75. The molecule has 0 spiro atoms. The van der Waals surface area contributed by atoms with Crippen molar-refractivity contribution < 1.29 is 0 Å². The van der Waals surface area contributed by atoms with E-state index in [9.17, 15) is 0 Å². The Balaban J connectivity index is 0.000000515. The summed E-state index contributed by atoms with van der Waals surface area (Å²) in [6, 6.07) is 0. The Hall–Kier alpha value is -0.500. The highest BCUT2D eigenvalue weighted by Crippen LogP contribution is 2.26. The Morgan fingerprint density at radius 2 is 1.43 bits per heavy atom. The zero-order chi connectivity index (χ0) is 17.4. The Kier molecular flexibility index (Phi) is 14.7. The van der Waals surface area contributed by atoms with Crippen molar-refractivity contribution in [1.82, 2.24) is 4.90 Å². The predicted molar refractivity (Wildman–Crippen MR) is 106 cm³/mol. The number of nitrogens with two attached hydrogens (primary N) is 1. The van der Waals surface area contributed by atoms with E-state index in [1.54, 1.807) is 0 Å². The van der Waals surface area contributed by atoms with Crippen LogP contribution in [-0.4, -0.2) is 24.5 Å². The van der Waals surface area contributed by atoms with Crippen LogP contribution in [0.15, 0.2) is 12.3 Å². The molecule has 0 radical (unpaired) electrons. The zero-order valence-electron chi connectivity index (χ0n) is 16.6. The van der Waals surface area contributed by atoms with Gasteiger partial charge in [0.1, 0.15) is 0 Å². The molecule has 23 heavy (non-hydrogen) atoms. The van der Waals surface area contributed by atoms with E-state index < -0.39 is 0 Å². The van der Waals surface area contributed by atoms with E-state index in [2.05, 4.69) is 44.9 Å². The first-order valence-electron chi connectivity index (χ1n) is 10.2. The van der Waals surface area contributed by atoms with Crippen molar-refractivity contribution in [3.05, 3.63) is 12.3 Å². The van der Waals surface area contributed by atoms with Crippen molar-refractivity contribution in [1.29, 1.82) is 0 Å². The number of allylic oxidation sites excluding steroid dienone is 1. The molecule has 0 saturated carbocycles. The van der Waals surface area contributed by atoms with Crippen LogP contribution in [0.25, 0.3) is 0 Å². The lowest BCUT2D eigenvalue weighted by atomic mass is 9.87. The lowest BCUT2D eigenvalue weighted by Gasteiger charge is -2.32. The molecule has 0 aromatic rings. The maximum absolute atomic E-state index is 5.31. The Morgan fingerprint density at radius 3 is 1.91 bits per heavy atom. The lowest BCUT2D eigenvalue weighted by Crippen LogP contribution is -2.29. The molecule has 2 heteroatoms. The van der Waals surface area contributed by atoms with Crippen molar-refractivity contribution in [2.24, 2.45) is 11.1 Å². The van der Waals surface area contributed by atoms with Crippen molar-refractivity contribution in [2.45, 2.75) is 98.3 Å². The summed E-state index contributed by atoms with van der Waals surface area (Å²) in [5.74, 6) is 0. The van der Waals surface area contributed by atoms with Gasteiger partial charge in [0.05, 0.1) is 0 Å². The molecule has 0 bridgehead atoms. The summed E-state index contributed by atoms with van der Waals surface area (Å²) in [6.07, 6.45) is 19.5. The third-order valence-electron chi connectivity index (χ3n) is 4.64. The molecule has 138 valence electrons. The third kappa shape index (κ3) is 14.8. The zero-order valence-corrected chi connectivity index (χ0v) is 16.6. The van der Waals surface area contributed by atoms with Gasteiger partial charge in [-0.3, -0.25) is 0 Å². The minimum atomic E-state index is 0.429. The highest BCUT2D eigenvalue weighted by Gasteiger charge is 2.18. The van der Waals surface area contributed by atoms with E-state index in [-0.39, 0.29) is 0 Å². The van der Waals surface area contributed by atoms with E-state index >= 15 is 0 Å². The summed E-state index contributed by atoms with van der Waals surface area (Å²) in [4.78, 5) is 2.48. The van der Waals surface area contributed by atoms with Crippen LogP contribution in [0.5, 0.6) is 0 Å². The normalized spacial score (nSPS) is 16.1. The summed E-state index contributed by atoms with van der Waals surface area (Å²) in [7, 11) is 0. The highest BCUT2D eigenvalue weighted by atomic mass is 15.1. The quantitative estimate of drug-likeness (QED) is 0.464. The first kappa shape index (κ1) is 22.5. The van der Waals surface area contributed by atoms with Gasteiger partial charge in [0.2, 0.25) is 0 Å². The highest BCUT2D eigenvalue weighted by molar-refractivity contribution is 4.99. The summed E-state index contributed by atoms with van der Waals surface area (Å²) in [5.41, 5.74) is 5.74. The van der Waals surface area contributed by atoms with Gasteiger partial charge in [-0.05, 0) is 37.4 Å². The molecular weight excluding hydrogens is 280 g/mol. The summed E-state index contributed by atoms with van der Waals surface area (Å²) < 4.78 is 0. The Morgan fingerprint density at radius 1 is 0.870 bits per heavy atom. The molecule has 2 N–H and O–H groups in total. The average molecular weight is 325 g/mol. The molecule has 0 atom stereocenters. The second kappa shape index (κ2) is 15.1. The maximum Gasteiger partial charge on any atom is 0.0180 e. The van der Waals surface area contributed by atoms with E-state index in [1.807, 2.05) is 0 Å². The van der Waals surface area contributed by atoms with Gasteiger partial charge in [-0.25, -0.2) is 0 Å². The van der Waals surface area contributed by atoms with Gasteiger partial charge in [0.15, 0.2) is 0 Å². The van der Waals surface area contributed by atoms with Crippen molar-refractivity contribution in [3.8, 4) is 0 Å². The van der Waals surface area contributed by atoms with Crippen LogP contribution >= 0.6 is 0 Å². The van der Waals surface area contributed by atoms with Gasteiger partial charge in [-0.2, -0.15) is 0 Å². The second-order valence-corrected chi connectivity index (χ2v) is 7.71. The summed E-state index contributed by atoms with van der Waals surface area (Å²) in [6.45, 7) is 12.5. The molecule has 1 aliphatic heterocycles. The molecule has 1 heterocycles. The van der Waals surface area contributed by atoms with Crippen molar-refractivity contribution in [2.75, 3.05) is 19.6 Å². The second-order valence-electron chi connectivity index (χ2n) is 7.71. The van der Waals surface area contributed by atoms with Gasteiger partial charge in [-0.15, -0.1) is 0 Å². The molecular formula is C21H44N2. The number of unbranched alkanes of at least 4 members (excludes halogenated alkanes) is 8. The van der Waals surface area contributed by atoms with E-state index in [1.165, 1.54) is 83.7 Å². The van der Waals surface area contributed by atoms with E-state index in [4.69, 9.17) is 5.73 Å². The number of nitrogens with zero attached hydrogens (tertiary/aromatic N) is 1. The van der Waals surface area contributed by atoms with Gasteiger partial charge >= 0.3 is 0 Å². The molecule has 0 aromatic heterocycles. The van der Waals surface area contributed by atoms with Gasteiger partial charge in [0.25, 0.3) is 0 Å². The van der Waals surface area contributed by atoms with E-state index in [0.29, 0.717) is 5.41 Å². The van der Waals surface area contributed by atoms with E-state index in [0.717, 1.165) is 6.54 Å². The molecule has 1 aliphatic rings. The van der Waals surface area contributed by atoms with Gasteiger partial charge in [-0.1, -0.05) is 85.1 Å². The molecule has 2 nitrogen and oxygen atoms in total. The van der Waals surface area contributed by atoms with Gasteiger partial charge < -0.3 is 10.6 Å². The van der Waals surface area contributed by atoms with Crippen LogP contribution in [0.4, 0.5) is 0 Å². The van der Waals surface area contributed by atoms with Crippen LogP contribution < -0.4 is 5.73 Å². The Bertz CT molecular complexity index is 265. The molecule has 0 aromatic carbocycles. The predicted octanol–water partition coefficient (Wildman–Crippen LogP) is 6.12. The Labute approximate surface area is 146 Å². The minimum absolute atomic E-state index is 0.429. The lowest BCUT2D eigenvalue weighted by molar-refractivity contribution is 0.273. The van der Waals surface area contributed by atoms with Crippen LogP contribution in [0.1, 0.15) is 98.3 Å². The maximum atomic E-state index is 5.31. The molecule has 0 aliphatic carbocycles. The average Bonchev–Trinajstić information content (AvgIpc) is 2.53. The monoisotopic (exact) mass is 324 g/mol. The fourth-order valence-electron chi connectivity index (χ4n) is 2.75. The topological polar surface area (TPSA) is 29.3 Å². The minimum Gasteiger partial charge on any atom is -0.378 e. The summed E-state index contributed by atoms with van der Waals surface area (Å²) >= 11 is 0. The first-order valence-corrected chi connectivity index (χ1v) is 10.2. The third-order valence-corrected chi connectivity index (χ3v) is 4.64. The smallest absolute Gasteiger partial charge is 0.0180 e. The van der Waals surface area contributed by atoms with Gasteiger partial charge in [0, 0.05) is 13.1 Å². The van der Waals surface area contributed by atoms with Crippen LogP contribution in [-0.2, 0) is 0 Å². The van der Waals surface area contributed by atoms with Crippen LogP contribution in [0.3, 0.4) is 0 Å². The van der Waals surface area contributed by atoms with Crippen molar-refractivity contribution >= 4 is 0 Å². The largest absolute Gasteiger partial charge is 0.378 e. The first-order chi connectivity index (χ1) is 11.1. The molecule has 1 rings (SSSR count). The molecule has 0 amide bonds. The van der Waals surface area contributed by atoms with Crippen LogP contribution in [0.2, 0.25) is 0 Å². The number of rotatable bonds is 11. The fraction of sp³-hybridized carbons (Fsp3) is 0.905. The van der Waals surface area contributed by atoms with Crippen molar-refractivity contribution in [3.63, 3.8) is 0 Å². The van der Waals surface area contributed by atoms with Crippen LogP contribution in [0, 0.1) is 5.41 Å². The molecule has 0 saturated heterocycles.